The fourth-order valence-corrected chi connectivity index (χ4v) is 5.51. The first kappa shape index (κ1) is 30.2. The Labute approximate surface area is 247 Å². The van der Waals surface area contributed by atoms with Crippen molar-refractivity contribution in [3.8, 4) is 17.4 Å². The quantitative estimate of drug-likeness (QED) is 0.306. The summed E-state index contributed by atoms with van der Waals surface area (Å²) >= 11 is 0. The van der Waals surface area contributed by atoms with Crippen LogP contribution in [0, 0.1) is 11.8 Å². The second-order valence-corrected chi connectivity index (χ2v) is 11.9. The predicted octanol–water partition coefficient (Wildman–Crippen LogP) is 4.33. The Hall–Kier alpha value is -3.31. The second-order valence-electron chi connectivity index (χ2n) is 11.9. The summed E-state index contributed by atoms with van der Waals surface area (Å²) in [6, 6.07) is 7.23. The molecule has 11 nitrogen and oxygen atoms in total. The summed E-state index contributed by atoms with van der Waals surface area (Å²) in [5.41, 5.74) is 0.551. The molecule has 2 heterocycles. The van der Waals surface area contributed by atoms with Gasteiger partial charge in [-0.15, -0.1) is 0 Å². The predicted molar refractivity (Wildman–Crippen MR) is 155 cm³/mol. The number of rotatable bonds is 15. The normalized spacial score (nSPS) is 20.0. The summed E-state index contributed by atoms with van der Waals surface area (Å²) in [6.45, 7) is 7.81. The fraction of sp³-hybridized carbons (Fsp3) is 0.645. The van der Waals surface area contributed by atoms with E-state index in [1.807, 2.05) is 23.6 Å². The van der Waals surface area contributed by atoms with Crippen LogP contribution in [0.4, 0.5) is 4.79 Å². The van der Waals surface area contributed by atoms with E-state index in [2.05, 4.69) is 10.5 Å². The maximum absolute atomic E-state index is 13.8. The van der Waals surface area contributed by atoms with Gasteiger partial charge >= 0.3 is 6.09 Å². The van der Waals surface area contributed by atoms with E-state index in [1.165, 1.54) is 0 Å². The van der Waals surface area contributed by atoms with Crippen LogP contribution in [0.3, 0.4) is 0 Å². The summed E-state index contributed by atoms with van der Waals surface area (Å²) in [5.74, 6) is 2.85. The van der Waals surface area contributed by atoms with Crippen LogP contribution in [-0.2, 0) is 4.74 Å². The van der Waals surface area contributed by atoms with Gasteiger partial charge in [0, 0.05) is 75.9 Å². The lowest BCUT2D eigenvalue weighted by Crippen LogP contribution is -2.45. The Morgan fingerprint density at radius 1 is 1.02 bits per heavy atom. The van der Waals surface area contributed by atoms with Crippen LogP contribution in [0.1, 0.15) is 68.0 Å². The third-order valence-corrected chi connectivity index (χ3v) is 8.29. The van der Waals surface area contributed by atoms with E-state index in [9.17, 15) is 9.59 Å². The molecule has 11 heteroatoms. The monoisotopic (exact) mass is 584 g/mol. The highest BCUT2D eigenvalue weighted by Gasteiger charge is 2.40. The molecule has 42 heavy (non-hydrogen) atoms. The second kappa shape index (κ2) is 13.8. The zero-order valence-corrected chi connectivity index (χ0v) is 25.2. The van der Waals surface area contributed by atoms with Crippen molar-refractivity contribution in [3.05, 3.63) is 35.6 Å². The maximum Gasteiger partial charge on any atom is 0.416 e. The highest BCUT2D eigenvalue weighted by Crippen LogP contribution is 2.41. The van der Waals surface area contributed by atoms with Gasteiger partial charge in [-0.3, -0.25) is 4.79 Å². The summed E-state index contributed by atoms with van der Waals surface area (Å²) in [7, 11) is 3.24. The minimum atomic E-state index is -0.383. The molecule has 2 aromatic rings. The molecule has 1 aliphatic heterocycles. The van der Waals surface area contributed by atoms with Crippen molar-refractivity contribution in [1.29, 1.82) is 0 Å². The molecule has 0 bridgehead atoms. The first-order valence-corrected chi connectivity index (χ1v) is 15.1. The third kappa shape index (κ3) is 7.55. The molecular formula is C31H44N4O7. The maximum atomic E-state index is 13.8. The Morgan fingerprint density at radius 2 is 1.79 bits per heavy atom. The van der Waals surface area contributed by atoms with Gasteiger partial charge in [-0.2, -0.15) is 0 Å². The van der Waals surface area contributed by atoms with Gasteiger partial charge in [-0.25, -0.2) is 4.79 Å². The van der Waals surface area contributed by atoms with Gasteiger partial charge < -0.3 is 38.6 Å². The average Bonchev–Trinajstić information content (AvgIpc) is 3.92. The van der Waals surface area contributed by atoms with Gasteiger partial charge in [0.25, 0.3) is 11.8 Å². The largest absolute Gasteiger partial charge is 0.493 e. The van der Waals surface area contributed by atoms with Gasteiger partial charge in [0.05, 0.1) is 13.7 Å². The zero-order chi connectivity index (χ0) is 29.6. The molecule has 3 fully saturated rings. The van der Waals surface area contributed by atoms with Crippen LogP contribution < -0.4 is 19.5 Å². The summed E-state index contributed by atoms with van der Waals surface area (Å²) in [6.07, 6.45) is 4.46. The summed E-state index contributed by atoms with van der Waals surface area (Å²) in [5, 5.41) is 7.44. The number of nitrogens with zero attached hydrogens (tertiary/aromatic N) is 3. The molecule has 1 N–H and O–H groups in total. The molecule has 0 spiro atoms. The molecule has 2 atom stereocenters. The number of nitrogens with one attached hydrogen (secondary N) is 1. The van der Waals surface area contributed by atoms with E-state index in [0.29, 0.717) is 49.3 Å². The first-order valence-electron chi connectivity index (χ1n) is 15.1. The van der Waals surface area contributed by atoms with Crippen molar-refractivity contribution in [3.63, 3.8) is 0 Å². The van der Waals surface area contributed by atoms with Crippen molar-refractivity contribution < 1.29 is 33.1 Å². The molecule has 1 aromatic carbocycles. The number of carbonyl (C=O) groups is 2. The van der Waals surface area contributed by atoms with E-state index in [-0.39, 0.29) is 41.8 Å². The van der Waals surface area contributed by atoms with Crippen LogP contribution in [0.2, 0.25) is 0 Å². The lowest BCUT2D eigenvalue weighted by molar-refractivity contribution is 0.0647. The fourth-order valence-electron chi connectivity index (χ4n) is 5.51. The van der Waals surface area contributed by atoms with Crippen molar-refractivity contribution in [2.75, 3.05) is 53.6 Å². The van der Waals surface area contributed by atoms with Gasteiger partial charge in [0.1, 0.15) is 5.76 Å². The van der Waals surface area contributed by atoms with E-state index < -0.39 is 0 Å². The molecule has 5 rings (SSSR count). The van der Waals surface area contributed by atoms with E-state index in [1.54, 1.807) is 38.5 Å². The van der Waals surface area contributed by atoms with Gasteiger partial charge in [0.2, 0.25) is 0 Å². The molecule has 1 aromatic heterocycles. The highest BCUT2D eigenvalue weighted by molar-refractivity contribution is 5.95. The minimum Gasteiger partial charge on any atom is -0.493 e. The van der Waals surface area contributed by atoms with Gasteiger partial charge in [0.15, 0.2) is 11.5 Å². The molecule has 1 saturated heterocycles. The lowest BCUT2D eigenvalue weighted by Gasteiger charge is -2.33. The summed E-state index contributed by atoms with van der Waals surface area (Å²) < 4.78 is 27.5. The molecule has 2 saturated carbocycles. The smallest absolute Gasteiger partial charge is 0.416 e. The molecule has 0 radical (unpaired) electrons. The van der Waals surface area contributed by atoms with E-state index >= 15 is 0 Å². The lowest BCUT2D eigenvalue weighted by atomic mass is 9.94. The Bertz CT molecular complexity index is 1210. The number of hydrogen-bond acceptors (Lipinski definition) is 9. The average molecular weight is 585 g/mol. The van der Waals surface area contributed by atoms with Gasteiger partial charge in [-0.1, -0.05) is 0 Å². The number of aromatic nitrogens is 1. The van der Waals surface area contributed by atoms with Crippen molar-refractivity contribution in [1.82, 2.24) is 20.3 Å². The number of amides is 2. The molecule has 3 aliphatic rings. The molecule has 2 aliphatic carbocycles. The Balaban J connectivity index is 1.23. The molecule has 230 valence electrons. The number of carbonyl (C=O) groups excluding carboxylic acids is 2. The third-order valence-electron chi connectivity index (χ3n) is 8.29. The van der Waals surface area contributed by atoms with Crippen LogP contribution in [0.5, 0.6) is 17.4 Å². The van der Waals surface area contributed by atoms with Crippen LogP contribution in [0.25, 0.3) is 0 Å². The number of ether oxygens (including phenoxy) is 4. The zero-order valence-electron chi connectivity index (χ0n) is 25.2. The van der Waals surface area contributed by atoms with Gasteiger partial charge in [-0.05, 0) is 74.7 Å². The number of methoxy groups -OCH3 is 2. The standard InChI is InChI=1S/C31H44N4O7/c1-20(2)34(30(36)22-8-11-26(39-4)28(14-22)40-13-5-12-38-3)18-23-16-32-17-24(23)19-35(25-9-10-25)31(37)41-29-15-27(42-33-29)21-6-7-21/h8,11,14-15,20-21,23-25,32H,5-7,9-10,12-13,16-19H2,1-4H3/t23-,24-/m0/s1. The molecule has 0 unspecified atom stereocenters. The Morgan fingerprint density at radius 3 is 2.45 bits per heavy atom. The van der Waals surface area contributed by atoms with Crippen molar-refractivity contribution in [2.45, 2.75) is 64.0 Å². The van der Waals surface area contributed by atoms with Crippen LogP contribution in [0.15, 0.2) is 28.8 Å². The minimum absolute atomic E-state index is 0.00995. The SMILES string of the molecule is COCCCOc1cc(C(=O)N(C[C@@H]2CNC[C@H]2CN(C(=O)Oc2cc(C3CC3)on2)C2CC2)C(C)C)ccc1OC. The number of hydrogen-bond donors (Lipinski definition) is 1. The first-order chi connectivity index (χ1) is 20.4. The highest BCUT2D eigenvalue weighted by atomic mass is 16.6. The van der Waals surface area contributed by atoms with Crippen LogP contribution in [-0.4, -0.2) is 92.7 Å². The van der Waals surface area contributed by atoms with Crippen LogP contribution >= 0.6 is 0 Å². The molecular weight excluding hydrogens is 540 g/mol. The Kier molecular flexibility index (Phi) is 9.89. The summed E-state index contributed by atoms with van der Waals surface area (Å²) in [4.78, 5) is 30.8. The van der Waals surface area contributed by atoms with Crippen molar-refractivity contribution >= 4 is 12.0 Å². The molecule has 2 amide bonds. The van der Waals surface area contributed by atoms with E-state index in [0.717, 1.165) is 51.0 Å². The topological polar surface area (TPSA) is 116 Å². The van der Waals surface area contributed by atoms with E-state index in [4.69, 9.17) is 23.5 Å². The van der Waals surface area contributed by atoms with Crippen molar-refractivity contribution in [2.24, 2.45) is 11.8 Å². The number of benzene rings is 1.